The van der Waals surface area contributed by atoms with Crippen molar-refractivity contribution in [3.05, 3.63) is 34.1 Å². The third-order valence-corrected chi connectivity index (χ3v) is 3.28. The molecular weight excluding hydrogens is 289 g/mol. The second-order valence-corrected chi connectivity index (χ2v) is 4.74. The number of carbonyl (C=O) groups excluding carboxylic acids is 1. The van der Waals surface area contributed by atoms with Gasteiger partial charge in [-0.25, -0.2) is 4.39 Å². The lowest BCUT2D eigenvalue weighted by Gasteiger charge is -2.19. The molecule has 1 aromatic carbocycles. The molecule has 3 nitrogen and oxygen atoms in total. The zero-order valence-electron chi connectivity index (χ0n) is 9.29. The van der Waals surface area contributed by atoms with Gasteiger partial charge in [-0.05, 0) is 40.5 Å². The van der Waals surface area contributed by atoms with E-state index in [4.69, 9.17) is 4.74 Å². The summed E-state index contributed by atoms with van der Waals surface area (Å²) in [5.74, 6) is -0.433. The van der Waals surface area contributed by atoms with Crippen LogP contribution in [0.25, 0.3) is 0 Å². The molecule has 5 heteroatoms. The lowest BCUT2D eigenvalue weighted by atomic mass is 10.2. The molecule has 92 valence electrons. The molecule has 0 spiro atoms. The van der Waals surface area contributed by atoms with Gasteiger partial charge in [0.25, 0.3) is 5.91 Å². The Bertz CT molecular complexity index is 417. The summed E-state index contributed by atoms with van der Waals surface area (Å²) >= 11 is 3.08. The molecule has 1 aromatic rings. The van der Waals surface area contributed by atoms with Gasteiger partial charge in [0.15, 0.2) is 0 Å². The first-order valence-electron chi connectivity index (χ1n) is 5.50. The second-order valence-electron chi connectivity index (χ2n) is 3.89. The topological polar surface area (TPSA) is 29.5 Å². The molecule has 0 aromatic heterocycles. The summed E-state index contributed by atoms with van der Waals surface area (Å²) in [6, 6.07) is 4.32. The highest BCUT2D eigenvalue weighted by molar-refractivity contribution is 9.10. The van der Waals surface area contributed by atoms with Crippen molar-refractivity contribution >= 4 is 21.8 Å². The van der Waals surface area contributed by atoms with Crippen LogP contribution in [-0.2, 0) is 4.74 Å². The van der Waals surface area contributed by atoms with Crippen molar-refractivity contribution in [1.29, 1.82) is 0 Å². The Balaban J connectivity index is 2.14. The van der Waals surface area contributed by atoms with E-state index in [2.05, 4.69) is 15.9 Å². The van der Waals surface area contributed by atoms with Crippen LogP contribution in [0.5, 0.6) is 0 Å². The van der Waals surface area contributed by atoms with Crippen molar-refractivity contribution in [2.45, 2.75) is 6.42 Å². The Labute approximate surface area is 108 Å². The van der Waals surface area contributed by atoms with Gasteiger partial charge in [-0.1, -0.05) is 0 Å². The number of benzene rings is 1. The fourth-order valence-electron chi connectivity index (χ4n) is 1.76. The zero-order chi connectivity index (χ0) is 12.3. The first-order chi connectivity index (χ1) is 8.18. The molecule has 0 aliphatic carbocycles. The minimum absolute atomic E-state index is 0.0730. The molecule has 0 radical (unpaired) electrons. The van der Waals surface area contributed by atoms with E-state index >= 15 is 0 Å². The van der Waals surface area contributed by atoms with Crippen LogP contribution in [0.15, 0.2) is 22.7 Å². The number of rotatable bonds is 1. The lowest BCUT2D eigenvalue weighted by molar-refractivity contribution is 0.0741. The largest absolute Gasteiger partial charge is 0.380 e. The second kappa shape index (κ2) is 5.60. The van der Waals surface area contributed by atoms with Crippen molar-refractivity contribution in [3.8, 4) is 0 Å². The van der Waals surface area contributed by atoms with Crippen molar-refractivity contribution in [2.75, 3.05) is 26.3 Å². The molecule has 1 heterocycles. The summed E-state index contributed by atoms with van der Waals surface area (Å²) in [7, 11) is 0. The maximum atomic E-state index is 13.1. The van der Waals surface area contributed by atoms with Gasteiger partial charge in [0.05, 0.1) is 11.1 Å². The highest BCUT2D eigenvalue weighted by Crippen LogP contribution is 2.18. The van der Waals surface area contributed by atoms with Crippen molar-refractivity contribution in [3.63, 3.8) is 0 Å². The average molecular weight is 302 g/mol. The van der Waals surface area contributed by atoms with Gasteiger partial charge in [-0.2, -0.15) is 0 Å². The van der Waals surface area contributed by atoms with Crippen LogP contribution >= 0.6 is 15.9 Å². The van der Waals surface area contributed by atoms with E-state index in [0.717, 1.165) is 6.42 Å². The van der Waals surface area contributed by atoms with E-state index < -0.39 is 0 Å². The summed E-state index contributed by atoms with van der Waals surface area (Å²) in [4.78, 5) is 13.9. The van der Waals surface area contributed by atoms with E-state index in [1.54, 1.807) is 4.90 Å². The molecule has 17 heavy (non-hydrogen) atoms. The van der Waals surface area contributed by atoms with Gasteiger partial charge >= 0.3 is 0 Å². The monoisotopic (exact) mass is 301 g/mol. The first-order valence-corrected chi connectivity index (χ1v) is 6.30. The minimum atomic E-state index is -0.360. The molecule has 1 aliphatic rings. The number of nitrogens with zero attached hydrogens (tertiary/aromatic N) is 1. The third-order valence-electron chi connectivity index (χ3n) is 2.68. The molecule has 2 rings (SSSR count). The molecule has 1 fully saturated rings. The molecule has 0 atom stereocenters. The maximum Gasteiger partial charge on any atom is 0.253 e. The molecule has 1 aliphatic heterocycles. The molecule has 1 saturated heterocycles. The molecule has 0 unspecified atom stereocenters. The van der Waals surface area contributed by atoms with Crippen molar-refractivity contribution in [1.82, 2.24) is 4.90 Å². The van der Waals surface area contributed by atoms with Crippen LogP contribution in [0.4, 0.5) is 4.39 Å². The van der Waals surface area contributed by atoms with Gasteiger partial charge in [0, 0.05) is 25.3 Å². The Hall–Kier alpha value is -0.940. The van der Waals surface area contributed by atoms with Crippen molar-refractivity contribution in [2.24, 2.45) is 0 Å². The predicted molar refractivity (Wildman–Crippen MR) is 65.4 cm³/mol. The minimum Gasteiger partial charge on any atom is -0.380 e. The van der Waals surface area contributed by atoms with Gasteiger partial charge < -0.3 is 9.64 Å². The fourth-order valence-corrected chi connectivity index (χ4v) is 2.14. The summed E-state index contributed by atoms with van der Waals surface area (Å²) in [6.07, 6.45) is 0.841. The Kier molecular flexibility index (Phi) is 4.12. The number of halogens is 2. The number of ether oxygens (including phenoxy) is 1. The summed E-state index contributed by atoms with van der Waals surface area (Å²) < 4.78 is 18.7. The van der Waals surface area contributed by atoms with Gasteiger partial charge in [0.2, 0.25) is 0 Å². The smallest absolute Gasteiger partial charge is 0.253 e. The maximum absolute atomic E-state index is 13.1. The highest BCUT2D eigenvalue weighted by Gasteiger charge is 2.18. The van der Waals surface area contributed by atoms with Crippen LogP contribution in [0.2, 0.25) is 0 Å². The number of carbonyl (C=O) groups is 1. The standard InChI is InChI=1S/C12H13BrFNO2/c13-10-8-9(2-3-11(10)14)12(16)15-4-1-6-17-7-5-15/h2-3,8H,1,4-7H2. The van der Waals surface area contributed by atoms with E-state index in [0.29, 0.717) is 36.3 Å². The highest BCUT2D eigenvalue weighted by atomic mass is 79.9. The van der Waals surface area contributed by atoms with E-state index in [1.807, 2.05) is 0 Å². The van der Waals surface area contributed by atoms with E-state index in [-0.39, 0.29) is 11.7 Å². The Morgan fingerprint density at radius 3 is 2.94 bits per heavy atom. The predicted octanol–water partition coefficient (Wildman–Crippen LogP) is 2.45. The SMILES string of the molecule is O=C(c1ccc(F)c(Br)c1)N1CCCOCC1. The van der Waals surface area contributed by atoms with E-state index in [9.17, 15) is 9.18 Å². The van der Waals surface area contributed by atoms with Crippen LogP contribution in [0.3, 0.4) is 0 Å². The number of amides is 1. The molecule has 0 saturated carbocycles. The number of hydrogen-bond acceptors (Lipinski definition) is 2. The summed E-state index contributed by atoms with van der Waals surface area (Å²) in [6.45, 7) is 2.53. The molecule has 0 N–H and O–H groups in total. The Morgan fingerprint density at radius 2 is 2.18 bits per heavy atom. The quantitative estimate of drug-likeness (QED) is 0.797. The van der Waals surface area contributed by atoms with Gasteiger partial charge in [0.1, 0.15) is 5.82 Å². The zero-order valence-corrected chi connectivity index (χ0v) is 10.9. The average Bonchev–Trinajstić information content (AvgIpc) is 2.60. The normalized spacial score (nSPS) is 16.7. The molecule has 1 amide bonds. The fraction of sp³-hybridized carbons (Fsp3) is 0.417. The van der Waals surface area contributed by atoms with Gasteiger partial charge in [-0.3, -0.25) is 4.79 Å². The van der Waals surface area contributed by atoms with Crippen LogP contribution in [-0.4, -0.2) is 37.1 Å². The lowest BCUT2D eigenvalue weighted by Crippen LogP contribution is -2.33. The van der Waals surface area contributed by atoms with Gasteiger partial charge in [-0.15, -0.1) is 0 Å². The Morgan fingerprint density at radius 1 is 1.35 bits per heavy atom. The number of hydrogen-bond donors (Lipinski definition) is 0. The molecule has 0 bridgehead atoms. The third kappa shape index (κ3) is 3.04. The van der Waals surface area contributed by atoms with Crippen LogP contribution in [0, 0.1) is 5.82 Å². The summed E-state index contributed by atoms with van der Waals surface area (Å²) in [5.41, 5.74) is 0.500. The molecular formula is C12H13BrFNO2. The van der Waals surface area contributed by atoms with Crippen LogP contribution in [0.1, 0.15) is 16.8 Å². The van der Waals surface area contributed by atoms with Crippen molar-refractivity contribution < 1.29 is 13.9 Å². The summed E-state index contributed by atoms with van der Waals surface area (Å²) in [5, 5.41) is 0. The van der Waals surface area contributed by atoms with E-state index in [1.165, 1.54) is 18.2 Å². The van der Waals surface area contributed by atoms with Crippen LogP contribution < -0.4 is 0 Å². The first kappa shape index (κ1) is 12.5.